The molecule has 3 rings (SSSR count). The third-order valence-electron chi connectivity index (χ3n) is 4.08. The number of aryl methyl sites for hydroxylation is 1. The molecule has 1 saturated heterocycles. The van der Waals surface area contributed by atoms with Crippen LogP contribution in [0.2, 0.25) is 0 Å². The van der Waals surface area contributed by atoms with Crippen molar-refractivity contribution in [2.75, 3.05) is 13.1 Å². The quantitative estimate of drug-likeness (QED) is 0.873. The highest BCUT2D eigenvalue weighted by Crippen LogP contribution is 2.30. The van der Waals surface area contributed by atoms with E-state index in [2.05, 4.69) is 17.0 Å². The van der Waals surface area contributed by atoms with E-state index in [9.17, 15) is 4.79 Å². The van der Waals surface area contributed by atoms with Crippen LogP contribution < -0.4 is 0 Å². The summed E-state index contributed by atoms with van der Waals surface area (Å²) in [5.41, 5.74) is 0.686. The van der Waals surface area contributed by atoms with Crippen molar-refractivity contribution >= 4 is 17.2 Å². The SMILES string of the molecule is Cc1cnc([C@@H]2CCCN(C(=O)c3ccnn3C(C)C)C2)s1. The third kappa shape index (κ3) is 2.92. The Hall–Kier alpha value is -1.69. The van der Waals surface area contributed by atoms with E-state index in [0.717, 1.165) is 30.9 Å². The number of thiazole rings is 1. The zero-order chi connectivity index (χ0) is 15.7. The fourth-order valence-electron chi connectivity index (χ4n) is 2.98. The number of rotatable bonds is 3. The molecule has 22 heavy (non-hydrogen) atoms. The van der Waals surface area contributed by atoms with Gasteiger partial charge in [-0.25, -0.2) is 4.98 Å². The number of nitrogens with zero attached hydrogens (tertiary/aromatic N) is 4. The molecule has 1 fully saturated rings. The van der Waals surface area contributed by atoms with Crippen LogP contribution in [-0.2, 0) is 0 Å². The number of hydrogen-bond donors (Lipinski definition) is 0. The molecule has 6 heteroatoms. The van der Waals surface area contributed by atoms with Gasteiger partial charge in [-0.05, 0) is 39.7 Å². The first-order valence-electron chi connectivity index (χ1n) is 7.81. The summed E-state index contributed by atoms with van der Waals surface area (Å²) < 4.78 is 1.81. The fourth-order valence-corrected chi connectivity index (χ4v) is 3.88. The molecule has 5 nitrogen and oxygen atoms in total. The van der Waals surface area contributed by atoms with Crippen LogP contribution in [0, 0.1) is 6.92 Å². The Kier molecular flexibility index (Phi) is 4.29. The van der Waals surface area contributed by atoms with Crippen LogP contribution in [0.15, 0.2) is 18.5 Å². The summed E-state index contributed by atoms with van der Waals surface area (Å²) in [5, 5.41) is 5.43. The number of hydrogen-bond acceptors (Lipinski definition) is 4. The Morgan fingerprint density at radius 2 is 2.27 bits per heavy atom. The second-order valence-electron chi connectivity index (χ2n) is 6.15. The van der Waals surface area contributed by atoms with E-state index in [1.807, 2.05) is 31.0 Å². The van der Waals surface area contributed by atoms with Crippen molar-refractivity contribution < 1.29 is 4.79 Å². The lowest BCUT2D eigenvalue weighted by molar-refractivity contribution is 0.0692. The topological polar surface area (TPSA) is 51.0 Å². The van der Waals surface area contributed by atoms with E-state index in [4.69, 9.17) is 0 Å². The van der Waals surface area contributed by atoms with Crippen LogP contribution in [0.5, 0.6) is 0 Å². The Morgan fingerprint density at radius 3 is 2.95 bits per heavy atom. The highest BCUT2D eigenvalue weighted by Gasteiger charge is 2.28. The number of piperidine rings is 1. The molecule has 0 saturated carbocycles. The summed E-state index contributed by atoms with van der Waals surface area (Å²) in [6.45, 7) is 7.74. The number of amides is 1. The van der Waals surface area contributed by atoms with Crippen LogP contribution in [0.3, 0.4) is 0 Å². The van der Waals surface area contributed by atoms with Gasteiger partial charge in [0.25, 0.3) is 5.91 Å². The molecule has 1 aliphatic heterocycles. The van der Waals surface area contributed by atoms with Crippen molar-refractivity contribution in [1.29, 1.82) is 0 Å². The first kappa shape index (κ1) is 15.2. The summed E-state index contributed by atoms with van der Waals surface area (Å²) in [4.78, 5) is 20.5. The second kappa shape index (κ2) is 6.20. The van der Waals surface area contributed by atoms with Gasteiger partial charge in [0.2, 0.25) is 0 Å². The standard InChI is InChI=1S/C16H22N4OS/c1-11(2)20-14(6-7-18-20)16(21)19-8-4-5-13(10-19)15-17-9-12(3)22-15/h6-7,9,11,13H,4-5,8,10H2,1-3H3/t13-/m1/s1. The number of likely N-dealkylation sites (tertiary alicyclic amines) is 1. The average Bonchev–Trinajstić information content (AvgIpc) is 3.15. The first-order valence-corrected chi connectivity index (χ1v) is 8.63. The van der Waals surface area contributed by atoms with Crippen LogP contribution in [0.4, 0.5) is 0 Å². The van der Waals surface area contributed by atoms with Gasteiger partial charge in [0.15, 0.2) is 0 Å². The maximum Gasteiger partial charge on any atom is 0.272 e. The van der Waals surface area contributed by atoms with Crippen LogP contribution in [0.1, 0.15) is 59.0 Å². The molecule has 1 amide bonds. The van der Waals surface area contributed by atoms with Crippen molar-refractivity contribution in [2.24, 2.45) is 0 Å². The lowest BCUT2D eigenvalue weighted by Gasteiger charge is -2.32. The van der Waals surface area contributed by atoms with Crippen LogP contribution >= 0.6 is 11.3 Å². The zero-order valence-electron chi connectivity index (χ0n) is 13.3. The van der Waals surface area contributed by atoms with E-state index >= 15 is 0 Å². The molecular formula is C16H22N4OS. The highest BCUT2D eigenvalue weighted by molar-refractivity contribution is 7.11. The van der Waals surface area contributed by atoms with Crippen molar-refractivity contribution in [3.63, 3.8) is 0 Å². The summed E-state index contributed by atoms with van der Waals surface area (Å²) >= 11 is 1.75. The van der Waals surface area contributed by atoms with Gasteiger partial charge in [0.1, 0.15) is 5.69 Å². The minimum absolute atomic E-state index is 0.0872. The molecule has 0 unspecified atom stereocenters. The molecule has 3 heterocycles. The second-order valence-corrected chi connectivity index (χ2v) is 7.42. The van der Waals surface area contributed by atoms with Gasteiger partial charge < -0.3 is 4.90 Å². The highest BCUT2D eigenvalue weighted by atomic mass is 32.1. The number of aromatic nitrogens is 3. The first-order chi connectivity index (χ1) is 10.6. The maximum absolute atomic E-state index is 12.8. The summed E-state index contributed by atoms with van der Waals surface area (Å²) in [6, 6.07) is 2.01. The molecule has 0 radical (unpaired) electrons. The van der Waals surface area contributed by atoms with Crippen molar-refractivity contribution in [3.05, 3.63) is 34.0 Å². The van der Waals surface area contributed by atoms with E-state index in [1.54, 1.807) is 22.2 Å². The predicted molar refractivity (Wildman–Crippen MR) is 87.3 cm³/mol. The molecule has 0 N–H and O–H groups in total. The smallest absolute Gasteiger partial charge is 0.272 e. The van der Waals surface area contributed by atoms with Crippen molar-refractivity contribution in [3.8, 4) is 0 Å². The van der Waals surface area contributed by atoms with Crippen LogP contribution in [-0.4, -0.2) is 38.7 Å². The van der Waals surface area contributed by atoms with E-state index in [0.29, 0.717) is 11.6 Å². The molecule has 0 aliphatic carbocycles. The molecular weight excluding hydrogens is 296 g/mol. The summed E-state index contributed by atoms with van der Waals surface area (Å²) in [6.07, 6.45) is 5.78. The van der Waals surface area contributed by atoms with E-state index in [1.165, 1.54) is 4.88 Å². The average molecular weight is 318 g/mol. The molecule has 2 aromatic rings. The van der Waals surface area contributed by atoms with Gasteiger partial charge in [0, 0.05) is 42.3 Å². The van der Waals surface area contributed by atoms with Crippen molar-refractivity contribution in [1.82, 2.24) is 19.7 Å². The van der Waals surface area contributed by atoms with Gasteiger partial charge in [-0.1, -0.05) is 0 Å². The van der Waals surface area contributed by atoms with E-state index in [-0.39, 0.29) is 11.9 Å². The lowest BCUT2D eigenvalue weighted by Crippen LogP contribution is -2.40. The Bertz CT molecular complexity index is 661. The monoisotopic (exact) mass is 318 g/mol. The molecule has 2 aromatic heterocycles. The van der Waals surface area contributed by atoms with Crippen LogP contribution in [0.25, 0.3) is 0 Å². The van der Waals surface area contributed by atoms with Gasteiger partial charge in [-0.2, -0.15) is 5.10 Å². The van der Waals surface area contributed by atoms with Gasteiger partial charge >= 0.3 is 0 Å². The Labute approximate surface area is 135 Å². The Balaban J connectivity index is 1.77. The lowest BCUT2D eigenvalue weighted by atomic mass is 9.98. The molecule has 0 spiro atoms. The predicted octanol–water partition coefficient (Wildman–Crippen LogP) is 3.25. The Morgan fingerprint density at radius 1 is 1.45 bits per heavy atom. The van der Waals surface area contributed by atoms with Crippen molar-refractivity contribution in [2.45, 2.75) is 45.6 Å². The number of carbonyl (C=O) groups is 1. The normalized spacial score (nSPS) is 18.9. The van der Waals surface area contributed by atoms with Gasteiger partial charge in [-0.15, -0.1) is 11.3 Å². The molecule has 1 atom stereocenters. The summed E-state index contributed by atoms with van der Waals surface area (Å²) in [7, 11) is 0. The van der Waals surface area contributed by atoms with Gasteiger partial charge in [-0.3, -0.25) is 9.48 Å². The molecule has 1 aliphatic rings. The van der Waals surface area contributed by atoms with Gasteiger partial charge in [0.05, 0.1) is 5.01 Å². The molecule has 118 valence electrons. The minimum atomic E-state index is 0.0872. The maximum atomic E-state index is 12.8. The van der Waals surface area contributed by atoms with E-state index < -0.39 is 0 Å². The molecule has 0 aromatic carbocycles. The zero-order valence-corrected chi connectivity index (χ0v) is 14.1. The third-order valence-corrected chi connectivity index (χ3v) is 5.15. The summed E-state index contributed by atoms with van der Waals surface area (Å²) in [5.74, 6) is 0.455. The largest absolute Gasteiger partial charge is 0.337 e. The molecule has 0 bridgehead atoms. The minimum Gasteiger partial charge on any atom is -0.337 e. The fraction of sp³-hybridized carbons (Fsp3) is 0.562. The number of carbonyl (C=O) groups excluding carboxylic acids is 1.